The Morgan fingerprint density at radius 3 is 3.17 bits per heavy atom. The van der Waals surface area contributed by atoms with Gasteiger partial charge in [-0.25, -0.2) is 4.98 Å². The zero-order valence-corrected chi connectivity index (χ0v) is 11.4. The Balaban J connectivity index is 1.86. The van der Waals surface area contributed by atoms with Gasteiger partial charge < -0.3 is 14.4 Å². The number of aliphatic hydroxyl groups is 1. The van der Waals surface area contributed by atoms with Crippen LogP contribution in [0.1, 0.15) is 38.3 Å². The molecule has 2 atom stereocenters. The van der Waals surface area contributed by atoms with Gasteiger partial charge in [0.25, 0.3) is 0 Å². The van der Waals surface area contributed by atoms with Crippen LogP contribution in [-0.4, -0.2) is 40.7 Å². The maximum absolute atomic E-state index is 9.31. The fraction of sp³-hybridized carbons (Fsp3) is 0.786. The predicted molar refractivity (Wildman–Crippen MR) is 70.4 cm³/mol. The van der Waals surface area contributed by atoms with Crippen molar-refractivity contribution in [2.75, 3.05) is 19.6 Å². The normalized spacial score (nSPS) is 23.2. The van der Waals surface area contributed by atoms with Gasteiger partial charge in [-0.2, -0.15) is 0 Å². The Labute approximate surface area is 109 Å². The molecular weight excluding hydrogens is 228 g/mol. The van der Waals surface area contributed by atoms with Crippen LogP contribution in [0.2, 0.25) is 0 Å². The minimum absolute atomic E-state index is 0.354. The van der Waals surface area contributed by atoms with Crippen LogP contribution in [0.25, 0.3) is 0 Å². The molecule has 4 nitrogen and oxygen atoms in total. The van der Waals surface area contributed by atoms with Crippen LogP contribution in [-0.2, 0) is 12.8 Å². The molecule has 0 amide bonds. The summed E-state index contributed by atoms with van der Waals surface area (Å²) in [7, 11) is 0. The molecule has 1 aliphatic rings. The Kier molecular flexibility index (Phi) is 4.78. The summed E-state index contributed by atoms with van der Waals surface area (Å²) < 4.78 is 5.50. The maximum atomic E-state index is 9.31. The van der Waals surface area contributed by atoms with Crippen LogP contribution >= 0.6 is 0 Å². The van der Waals surface area contributed by atoms with Crippen molar-refractivity contribution in [3.63, 3.8) is 0 Å². The van der Waals surface area contributed by atoms with Gasteiger partial charge in [0.2, 0.25) is 0 Å². The van der Waals surface area contributed by atoms with Crippen molar-refractivity contribution in [2.24, 2.45) is 5.92 Å². The van der Waals surface area contributed by atoms with Crippen molar-refractivity contribution in [3.05, 3.63) is 17.8 Å². The molecule has 0 radical (unpaired) electrons. The third-order valence-electron chi connectivity index (χ3n) is 3.62. The van der Waals surface area contributed by atoms with Crippen molar-refractivity contribution in [1.82, 2.24) is 9.88 Å². The molecule has 18 heavy (non-hydrogen) atoms. The van der Waals surface area contributed by atoms with Gasteiger partial charge in [-0.3, -0.25) is 0 Å². The fourth-order valence-corrected chi connectivity index (χ4v) is 2.69. The largest absolute Gasteiger partial charge is 0.449 e. The summed E-state index contributed by atoms with van der Waals surface area (Å²) in [5, 5.41) is 9.31. The number of rotatable bonds is 5. The first-order valence-corrected chi connectivity index (χ1v) is 7.01. The third-order valence-corrected chi connectivity index (χ3v) is 3.62. The van der Waals surface area contributed by atoms with E-state index in [-0.39, 0.29) is 6.10 Å². The van der Waals surface area contributed by atoms with Crippen LogP contribution in [0.5, 0.6) is 0 Å². The molecule has 0 bridgehead atoms. The molecule has 0 saturated carbocycles. The van der Waals surface area contributed by atoms with E-state index in [0.717, 1.165) is 31.1 Å². The van der Waals surface area contributed by atoms with E-state index < -0.39 is 0 Å². The first-order valence-electron chi connectivity index (χ1n) is 7.01. The summed E-state index contributed by atoms with van der Waals surface area (Å²) >= 11 is 0. The second kappa shape index (κ2) is 6.34. The number of likely N-dealkylation sites (tertiary alicyclic amines) is 1. The average Bonchev–Trinajstić information content (AvgIpc) is 2.76. The van der Waals surface area contributed by atoms with E-state index in [2.05, 4.69) is 16.8 Å². The first kappa shape index (κ1) is 13.6. The van der Waals surface area contributed by atoms with E-state index in [9.17, 15) is 5.11 Å². The summed E-state index contributed by atoms with van der Waals surface area (Å²) in [5.41, 5.74) is 0.864. The molecule has 4 heteroatoms. The van der Waals surface area contributed by atoms with Crippen molar-refractivity contribution in [1.29, 1.82) is 0 Å². The monoisotopic (exact) mass is 252 g/mol. The number of aliphatic hydroxyl groups excluding tert-OH is 1. The lowest BCUT2D eigenvalue weighted by molar-refractivity contribution is 0.176. The molecule has 102 valence electrons. The molecule has 1 aromatic rings. The van der Waals surface area contributed by atoms with E-state index in [1.54, 1.807) is 13.2 Å². The molecule has 2 rings (SSSR count). The van der Waals surface area contributed by atoms with Crippen molar-refractivity contribution in [2.45, 2.75) is 45.6 Å². The molecule has 1 saturated heterocycles. The lowest BCUT2D eigenvalue weighted by atomic mass is 9.95. The molecule has 2 unspecified atom stereocenters. The minimum atomic E-state index is -0.354. The average molecular weight is 252 g/mol. The number of hydrogen-bond donors (Lipinski definition) is 1. The lowest BCUT2D eigenvalue weighted by Crippen LogP contribution is -2.35. The Hall–Kier alpha value is -0.870. The topological polar surface area (TPSA) is 49.5 Å². The van der Waals surface area contributed by atoms with Gasteiger partial charge in [0, 0.05) is 19.4 Å². The second-order valence-electron chi connectivity index (χ2n) is 5.39. The highest BCUT2D eigenvalue weighted by molar-refractivity contribution is 4.99. The zero-order chi connectivity index (χ0) is 13.0. The van der Waals surface area contributed by atoms with Crippen LogP contribution in [0, 0.1) is 5.92 Å². The molecule has 1 aromatic heterocycles. The molecule has 1 aliphatic heterocycles. The third kappa shape index (κ3) is 3.82. The van der Waals surface area contributed by atoms with Gasteiger partial charge >= 0.3 is 0 Å². The number of oxazole rings is 1. The van der Waals surface area contributed by atoms with Crippen LogP contribution in [0.4, 0.5) is 0 Å². The SMILES string of the molecule is CCN1CCCC(Cc2nc(CC(C)O)co2)C1. The summed E-state index contributed by atoms with van der Waals surface area (Å²) in [6, 6.07) is 0. The minimum Gasteiger partial charge on any atom is -0.449 e. The van der Waals surface area contributed by atoms with E-state index in [1.165, 1.54) is 19.4 Å². The highest BCUT2D eigenvalue weighted by Gasteiger charge is 2.20. The second-order valence-corrected chi connectivity index (χ2v) is 5.39. The van der Waals surface area contributed by atoms with Crippen LogP contribution < -0.4 is 0 Å². The van der Waals surface area contributed by atoms with Crippen molar-refractivity contribution >= 4 is 0 Å². The molecule has 0 aliphatic carbocycles. The summed E-state index contributed by atoms with van der Waals surface area (Å²) in [4.78, 5) is 6.94. The molecule has 1 fully saturated rings. The summed E-state index contributed by atoms with van der Waals surface area (Å²) in [5.74, 6) is 1.49. The molecule has 1 N–H and O–H groups in total. The summed E-state index contributed by atoms with van der Waals surface area (Å²) in [6.45, 7) is 7.51. The number of hydrogen-bond acceptors (Lipinski definition) is 4. The quantitative estimate of drug-likeness (QED) is 0.869. The smallest absolute Gasteiger partial charge is 0.194 e. The standard InChI is InChI=1S/C14H24N2O2/c1-3-16-6-4-5-12(9-16)8-14-15-13(10-18-14)7-11(2)17/h10-12,17H,3-9H2,1-2H3. The van der Waals surface area contributed by atoms with E-state index >= 15 is 0 Å². The van der Waals surface area contributed by atoms with E-state index in [4.69, 9.17) is 4.42 Å². The fourth-order valence-electron chi connectivity index (χ4n) is 2.69. The van der Waals surface area contributed by atoms with Gasteiger partial charge in [0.05, 0.1) is 11.8 Å². The van der Waals surface area contributed by atoms with Gasteiger partial charge in [0.15, 0.2) is 5.89 Å². The van der Waals surface area contributed by atoms with E-state index in [1.807, 2.05) is 0 Å². The molecule has 2 heterocycles. The Bertz CT molecular complexity index is 362. The summed E-state index contributed by atoms with van der Waals surface area (Å²) in [6.07, 6.45) is 5.38. The lowest BCUT2D eigenvalue weighted by Gasteiger charge is -2.31. The zero-order valence-electron chi connectivity index (χ0n) is 11.4. The first-order chi connectivity index (χ1) is 8.67. The molecule has 0 aromatic carbocycles. The van der Waals surface area contributed by atoms with Crippen LogP contribution in [0.15, 0.2) is 10.7 Å². The van der Waals surface area contributed by atoms with Crippen LogP contribution in [0.3, 0.4) is 0 Å². The molecular formula is C14H24N2O2. The molecule has 0 spiro atoms. The van der Waals surface area contributed by atoms with Gasteiger partial charge in [0.1, 0.15) is 6.26 Å². The van der Waals surface area contributed by atoms with Gasteiger partial charge in [-0.1, -0.05) is 6.92 Å². The highest BCUT2D eigenvalue weighted by Crippen LogP contribution is 2.20. The number of aromatic nitrogens is 1. The van der Waals surface area contributed by atoms with Gasteiger partial charge in [-0.15, -0.1) is 0 Å². The van der Waals surface area contributed by atoms with E-state index in [0.29, 0.717) is 12.3 Å². The van der Waals surface area contributed by atoms with Crippen molar-refractivity contribution in [3.8, 4) is 0 Å². The maximum Gasteiger partial charge on any atom is 0.194 e. The predicted octanol–water partition coefficient (Wildman–Crippen LogP) is 1.87. The number of piperidine rings is 1. The van der Waals surface area contributed by atoms with Crippen molar-refractivity contribution < 1.29 is 9.52 Å². The Morgan fingerprint density at radius 2 is 2.44 bits per heavy atom. The Morgan fingerprint density at radius 1 is 1.61 bits per heavy atom. The van der Waals surface area contributed by atoms with Gasteiger partial charge in [-0.05, 0) is 38.8 Å². The highest BCUT2D eigenvalue weighted by atomic mass is 16.3. The number of nitrogens with zero attached hydrogens (tertiary/aromatic N) is 2.